The molecule has 1 aliphatic carbocycles. The van der Waals surface area contributed by atoms with Crippen molar-refractivity contribution in [1.82, 2.24) is 10.6 Å². The van der Waals surface area contributed by atoms with Gasteiger partial charge in [0.25, 0.3) is 11.6 Å². The molecule has 9 nitrogen and oxygen atoms in total. The number of imide groups is 1. The fraction of sp³-hybridized carbons (Fsp3) is 0.500. The van der Waals surface area contributed by atoms with E-state index < -0.39 is 29.4 Å². The molecule has 1 saturated carbocycles. The monoisotopic (exact) mass is 409 g/mol. The van der Waals surface area contributed by atoms with Gasteiger partial charge in [-0.2, -0.15) is 0 Å². The molecule has 0 aromatic heterocycles. The molecule has 2 N–H and O–H groups in total. The van der Waals surface area contributed by atoms with Crippen molar-refractivity contribution in [2.45, 2.75) is 43.5 Å². The van der Waals surface area contributed by atoms with Gasteiger partial charge in [0.2, 0.25) is 0 Å². The summed E-state index contributed by atoms with van der Waals surface area (Å²) in [5.41, 5.74) is -0.259. The second-order valence-electron chi connectivity index (χ2n) is 6.61. The highest BCUT2D eigenvalue weighted by atomic mass is 32.2. The number of nitrogens with one attached hydrogen (secondary N) is 2. The molecule has 1 aromatic rings. The number of nitrogens with zero attached hydrogens (tertiary/aromatic N) is 1. The van der Waals surface area contributed by atoms with Crippen LogP contribution < -0.4 is 10.6 Å². The summed E-state index contributed by atoms with van der Waals surface area (Å²) < 4.78 is 4.85. The van der Waals surface area contributed by atoms with Gasteiger partial charge in [0, 0.05) is 12.1 Å². The minimum absolute atomic E-state index is 0.0135. The molecule has 0 saturated heterocycles. The Morgan fingerprint density at radius 1 is 1.29 bits per heavy atom. The van der Waals surface area contributed by atoms with Crippen LogP contribution in [0.3, 0.4) is 0 Å². The fourth-order valence-electron chi connectivity index (χ4n) is 3.07. The Balaban J connectivity index is 1.85. The SMILES string of the molecule is CSc1ccc(C(=O)OCC(=O)NC(=O)N[C@H]2CCCC[C@H]2C)cc1[N+](=O)[O-]. The molecule has 10 heteroatoms. The summed E-state index contributed by atoms with van der Waals surface area (Å²) in [4.78, 5) is 46.7. The van der Waals surface area contributed by atoms with E-state index in [1.54, 1.807) is 6.26 Å². The number of hydrogen-bond donors (Lipinski definition) is 2. The Hall–Kier alpha value is -2.62. The number of amides is 3. The van der Waals surface area contributed by atoms with Crippen molar-refractivity contribution in [3.8, 4) is 0 Å². The molecule has 28 heavy (non-hydrogen) atoms. The van der Waals surface area contributed by atoms with Crippen LogP contribution in [0.4, 0.5) is 10.5 Å². The molecule has 0 bridgehead atoms. The standard InChI is InChI=1S/C18H23N3O6S/c1-11-5-3-4-6-13(11)19-18(24)20-16(22)10-27-17(23)12-7-8-15(28-2)14(9-12)21(25)26/h7-9,11,13H,3-6,10H2,1-2H3,(H2,19,20,22,24)/t11-,13+/m1/s1. The molecule has 1 aromatic carbocycles. The summed E-state index contributed by atoms with van der Waals surface area (Å²) in [6.07, 6.45) is 5.73. The van der Waals surface area contributed by atoms with Gasteiger partial charge in [-0.05, 0) is 37.1 Å². The topological polar surface area (TPSA) is 128 Å². The van der Waals surface area contributed by atoms with Crippen LogP contribution in [0.2, 0.25) is 0 Å². The van der Waals surface area contributed by atoms with E-state index in [-0.39, 0.29) is 17.3 Å². The maximum Gasteiger partial charge on any atom is 0.338 e. The number of rotatable bonds is 6. The van der Waals surface area contributed by atoms with Crippen LogP contribution in [-0.4, -0.2) is 41.7 Å². The van der Waals surface area contributed by atoms with Crippen LogP contribution in [0.5, 0.6) is 0 Å². The molecule has 2 rings (SSSR count). The zero-order chi connectivity index (χ0) is 20.7. The van der Waals surface area contributed by atoms with Crippen LogP contribution >= 0.6 is 11.8 Å². The Morgan fingerprint density at radius 3 is 2.64 bits per heavy atom. The summed E-state index contributed by atoms with van der Waals surface area (Å²) in [6.45, 7) is 1.39. The van der Waals surface area contributed by atoms with Crippen molar-refractivity contribution in [3.05, 3.63) is 33.9 Å². The van der Waals surface area contributed by atoms with E-state index in [1.807, 2.05) is 0 Å². The third kappa shape index (κ3) is 5.95. The largest absolute Gasteiger partial charge is 0.452 e. The summed E-state index contributed by atoms with van der Waals surface area (Å²) in [6, 6.07) is 3.32. The molecule has 152 valence electrons. The van der Waals surface area contributed by atoms with E-state index in [4.69, 9.17) is 4.74 Å². The molecule has 0 aliphatic heterocycles. The van der Waals surface area contributed by atoms with E-state index in [1.165, 1.54) is 23.9 Å². The van der Waals surface area contributed by atoms with Crippen LogP contribution in [0.15, 0.2) is 23.1 Å². The molecule has 1 fully saturated rings. The van der Waals surface area contributed by atoms with Crippen molar-refractivity contribution in [2.75, 3.05) is 12.9 Å². The quantitative estimate of drug-likeness (QED) is 0.320. The molecule has 1 aliphatic rings. The first-order valence-electron chi connectivity index (χ1n) is 8.91. The van der Waals surface area contributed by atoms with Crippen LogP contribution in [0.1, 0.15) is 43.0 Å². The molecule has 0 unspecified atom stereocenters. The molecular formula is C18H23N3O6S. The number of thioether (sulfide) groups is 1. The van der Waals surface area contributed by atoms with Crippen LogP contribution in [-0.2, 0) is 9.53 Å². The third-order valence-corrected chi connectivity index (χ3v) is 5.41. The van der Waals surface area contributed by atoms with E-state index in [0.29, 0.717) is 10.8 Å². The highest BCUT2D eigenvalue weighted by molar-refractivity contribution is 7.98. The van der Waals surface area contributed by atoms with Crippen LogP contribution in [0, 0.1) is 16.0 Å². The first-order chi connectivity index (χ1) is 13.3. The molecule has 0 heterocycles. The Kier molecular flexibility index (Phi) is 7.80. The first kappa shape index (κ1) is 21.7. The van der Waals surface area contributed by atoms with E-state index >= 15 is 0 Å². The lowest BCUT2D eigenvalue weighted by molar-refractivity contribution is -0.387. The first-order valence-corrected chi connectivity index (χ1v) is 10.1. The Bertz CT molecular complexity index is 770. The van der Waals surface area contributed by atoms with Gasteiger partial charge in [0.15, 0.2) is 6.61 Å². The zero-order valence-corrected chi connectivity index (χ0v) is 16.5. The van der Waals surface area contributed by atoms with Gasteiger partial charge in [-0.25, -0.2) is 9.59 Å². The zero-order valence-electron chi connectivity index (χ0n) is 15.7. The average Bonchev–Trinajstić information content (AvgIpc) is 2.67. The maximum absolute atomic E-state index is 12.0. The smallest absolute Gasteiger partial charge is 0.338 e. The van der Waals surface area contributed by atoms with Gasteiger partial charge >= 0.3 is 12.0 Å². The van der Waals surface area contributed by atoms with Crippen molar-refractivity contribution >= 4 is 35.4 Å². The number of nitro groups is 1. The van der Waals surface area contributed by atoms with E-state index in [2.05, 4.69) is 17.6 Å². The second-order valence-corrected chi connectivity index (χ2v) is 7.46. The van der Waals surface area contributed by atoms with E-state index in [9.17, 15) is 24.5 Å². The lowest BCUT2D eigenvalue weighted by atomic mass is 9.86. The van der Waals surface area contributed by atoms with E-state index in [0.717, 1.165) is 31.7 Å². The van der Waals surface area contributed by atoms with Crippen molar-refractivity contribution in [1.29, 1.82) is 0 Å². The number of ether oxygens (including phenoxy) is 1. The number of carbonyl (C=O) groups excluding carboxylic acids is 3. The lowest BCUT2D eigenvalue weighted by Gasteiger charge is -2.29. The number of esters is 1. The van der Waals surface area contributed by atoms with Crippen molar-refractivity contribution < 1.29 is 24.0 Å². The van der Waals surface area contributed by atoms with Gasteiger partial charge in [-0.1, -0.05) is 19.8 Å². The number of nitro benzene ring substituents is 1. The molecule has 2 atom stereocenters. The highest BCUT2D eigenvalue weighted by Crippen LogP contribution is 2.28. The minimum Gasteiger partial charge on any atom is -0.452 e. The average molecular weight is 409 g/mol. The molecule has 0 radical (unpaired) electrons. The minimum atomic E-state index is -0.882. The Morgan fingerprint density at radius 2 is 2.00 bits per heavy atom. The highest BCUT2D eigenvalue weighted by Gasteiger charge is 2.24. The molecular weight excluding hydrogens is 386 g/mol. The summed E-state index contributed by atoms with van der Waals surface area (Å²) in [5.74, 6) is -1.32. The number of carbonyl (C=O) groups is 3. The van der Waals surface area contributed by atoms with Gasteiger partial charge in [-0.15, -0.1) is 11.8 Å². The maximum atomic E-state index is 12.0. The van der Waals surface area contributed by atoms with Crippen molar-refractivity contribution in [2.24, 2.45) is 5.92 Å². The number of benzene rings is 1. The summed E-state index contributed by atoms with van der Waals surface area (Å²) in [5, 5.41) is 15.9. The van der Waals surface area contributed by atoms with Gasteiger partial charge < -0.3 is 10.1 Å². The van der Waals surface area contributed by atoms with Crippen LogP contribution in [0.25, 0.3) is 0 Å². The van der Waals surface area contributed by atoms with Crippen molar-refractivity contribution in [3.63, 3.8) is 0 Å². The predicted octanol–water partition coefficient (Wildman–Crippen LogP) is 2.88. The summed E-state index contributed by atoms with van der Waals surface area (Å²) in [7, 11) is 0. The molecule has 3 amide bonds. The lowest BCUT2D eigenvalue weighted by Crippen LogP contribution is -2.48. The van der Waals surface area contributed by atoms with Gasteiger partial charge in [0.1, 0.15) is 0 Å². The number of hydrogen-bond acceptors (Lipinski definition) is 7. The predicted molar refractivity (Wildman–Crippen MR) is 103 cm³/mol. The third-order valence-electron chi connectivity index (χ3n) is 4.63. The molecule has 0 spiro atoms. The van der Waals surface area contributed by atoms with Gasteiger partial charge in [0.05, 0.1) is 15.4 Å². The normalized spacial score (nSPS) is 18.8. The van der Waals surface area contributed by atoms with Gasteiger partial charge in [-0.3, -0.25) is 20.2 Å². The Labute approximate surface area is 166 Å². The second kappa shape index (κ2) is 10.1. The summed E-state index contributed by atoms with van der Waals surface area (Å²) >= 11 is 1.18. The fourth-order valence-corrected chi connectivity index (χ4v) is 3.62. The number of urea groups is 1.